The molecule has 0 N–H and O–H groups in total. The Morgan fingerprint density at radius 2 is 2.16 bits per heavy atom. The molecule has 0 aromatic heterocycles. The van der Waals surface area contributed by atoms with E-state index in [1.807, 2.05) is 13.8 Å². The molecule has 0 aliphatic carbocycles. The smallest absolute Gasteiger partial charge is 0.189 e. The molecule has 106 valence electrons. The van der Waals surface area contributed by atoms with Gasteiger partial charge in [-0.1, -0.05) is 6.58 Å². The van der Waals surface area contributed by atoms with Gasteiger partial charge in [0.15, 0.2) is 24.5 Å². The van der Waals surface area contributed by atoms with E-state index in [0.717, 1.165) is 0 Å². The minimum absolute atomic E-state index is 0.104. The van der Waals surface area contributed by atoms with Gasteiger partial charge in [0.05, 0.1) is 11.8 Å². The van der Waals surface area contributed by atoms with Crippen molar-refractivity contribution in [2.24, 2.45) is 0 Å². The second kappa shape index (κ2) is 5.10. The second-order valence-corrected chi connectivity index (χ2v) is 5.24. The summed E-state index contributed by atoms with van der Waals surface area (Å²) in [5.74, 6) is -0.219. The van der Waals surface area contributed by atoms with Crippen LogP contribution in [0.5, 0.6) is 0 Å². The Balaban J connectivity index is 1.96. The number of rotatable bonds is 5. The van der Waals surface area contributed by atoms with Crippen LogP contribution in [-0.4, -0.2) is 37.7 Å². The van der Waals surface area contributed by atoms with Crippen LogP contribution < -0.4 is 0 Å². The van der Waals surface area contributed by atoms with E-state index in [1.165, 1.54) is 7.11 Å². The van der Waals surface area contributed by atoms with Gasteiger partial charge in [0, 0.05) is 20.0 Å². The highest BCUT2D eigenvalue weighted by molar-refractivity contribution is 5.13. The Morgan fingerprint density at radius 3 is 2.74 bits per heavy atom. The molecular weight excluding hydrogens is 250 g/mol. The van der Waals surface area contributed by atoms with Crippen LogP contribution in [0.15, 0.2) is 12.3 Å². The van der Waals surface area contributed by atoms with Gasteiger partial charge in [0.25, 0.3) is 0 Å². The molecule has 6 heteroatoms. The molecule has 0 spiro atoms. The molecule has 0 bridgehead atoms. The Bertz CT molecular complexity index is 384. The number of ether oxygens (including phenoxy) is 5. The molecule has 6 nitrogen and oxygen atoms in total. The zero-order valence-corrected chi connectivity index (χ0v) is 11.5. The molecule has 2 aliphatic heterocycles. The van der Waals surface area contributed by atoms with Gasteiger partial charge >= 0.3 is 0 Å². The van der Waals surface area contributed by atoms with Crippen LogP contribution in [0.3, 0.4) is 0 Å². The molecule has 0 aromatic carbocycles. The number of hydrogen-bond donors (Lipinski definition) is 0. The van der Waals surface area contributed by atoms with Crippen LogP contribution in [0.1, 0.15) is 26.7 Å². The maximum Gasteiger partial charge on any atom is 0.189 e. The van der Waals surface area contributed by atoms with Crippen LogP contribution >= 0.6 is 0 Å². The number of nitriles is 1. The van der Waals surface area contributed by atoms with E-state index in [4.69, 9.17) is 23.7 Å². The van der Waals surface area contributed by atoms with Gasteiger partial charge < -0.3 is 23.7 Å². The molecular formula is C13H19NO5. The maximum atomic E-state index is 9.36. The van der Waals surface area contributed by atoms with Gasteiger partial charge in [-0.15, -0.1) is 0 Å². The Labute approximate surface area is 112 Å². The third kappa shape index (κ3) is 3.07. The van der Waals surface area contributed by atoms with Gasteiger partial charge in [-0.25, -0.2) is 0 Å². The zero-order chi connectivity index (χ0) is 14.1. The lowest BCUT2D eigenvalue weighted by Crippen LogP contribution is -2.32. The van der Waals surface area contributed by atoms with Crippen LogP contribution in [0.4, 0.5) is 0 Å². The standard InChI is InChI=1S/C13H19NO5/c1-9(16-8-15-4)5-13(7-14)6-10-11(19-13)18-12(2,3)17-10/h10-11H,1,5-6,8H2,2-4H3/t10-,11+,13-/m1/s1. The lowest BCUT2D eigenvalue weighted by atomic mass is 9.96. The van der Waals surface area contributed by atoms with Crippen LogP contribution in [0.25, 0.3) is 0 Å². The van der Waals surface area contributed by atoms with Gasteiger partial charge in [0.1, 0.15) is 6.10 Å². The summed E-state index contributed by atoms with van der Waals surface area (Å²) in [6.07, 6.45) is -0.0327. The molecule has 0 saturated carbocycles. The molecule has 0 amide bonds. The van der Waals surface area contributed by atoms with Crippen LogP contribution in [0, 0.1) is 11.3 Å². The van der Waals surface area contributed by atoms with Crippen molar-refractivity contribution >= 4 is 0 Å². The van der Waals surface area contributed by atoms with E-state index >= 15 is 0 Å². The summed E-state index contributed by atoms with van der Waals surface area (Å²) in [6.45, 7) is 7.51. The summed E-state index contributed by atoms with van der Waals surface area (Å²) < 4.78 is 27.0. The number of hydrogen-bond acceptors (Lipinski definition) is 6. The van der Waals surface area contributed by atoms with E-state index in [2.05, 4.69) is 12.6 Å². The fraction of sp³-hybridized carbons (Fsp3) is 0.769. The lowest BCUT2D eigenvalue weighted by Gasteiger charge is -2.25. The summed E-state index contributed by atoms with van der Waals surface area (Å²) in [5.41, 5.74) is -1.00. The van der Waals surface area contributed by atoms with Crippen molar-refractivity contribution in [2.75, 3.05) is 13.9 Å². The van der Waals surface area contributed by atoms with E-state index < -0.39 is 17.7 Å². The lowest BCUT2D eigenvalue weighted by molar-refractivity contribution is -0.216. The summed E-state index contributed by atoms with van der Waals surface area (Å²) in [6, 6.07) is 2.18. The van der Waals surface area contributed by atoms with Gasteiger partial charge in [-0.2, -0.15) is 5.26 Å². The topological polar surface area (TPSA) is 69.9 Å². The Hall–Kier alpha value is -1.13. The molecule has 2 rings (SSSR count). The molecule has 0 radical (unpaired) electrons. The molecule has 19 heavy (non-hydrogen) atoms. The third-order valence-electron chi connectivity index (χ3n) is 3.08. The molecule has 2 heterocycles. The average molecular weight is 269 g/mol. The SMILES string of the molecule is C=C(C[C@]1(C#N)C[C@H]2OC(C)(C)O[C@H]2O1)OCOC. The first kappa shape index (κ1) is 14.3. The maximum absolute atomic E-state index is 9.36. The van der Waals surface area contributed by atoms with Gasteiger partial charge in [-0.05, 0) is 13.8 Å². The van der Waals surface area contributed by atoms with E-state index in [1.54, 1.807) is 0 Å². The van der Waals surface area contributed by atoms with Crippen molar-refractivity contribution in [2.45, 2.75) is 50.5 Å². The third-order valence-corrected chi connectivity index (χ3v) is 3.08. The summed E-state index contributed by atoms with van der Waals surface area (Å²) in [5, 5.41) is 9.36. The summed E-state index contributed by atoms with van der Waals surface area (Å²) in [4.78, 5) is 0. The predicted molar refractivity (Wildman–Crippen MR) is 64.6 cm³/mol. The normalized spacial score (nSPS) is 35.7. The van der Waals surface area contributed by atoms with Gasteiger partial charge in [0.2, 0.25) is 0 Å². The van der Waals surface area contributed by atoms with Crippen molar-refractivity contribution < 1.29 is 23.7 Å². The summed E-state index contributed by atoms with van der Waals surface area (Å²) >= 11 is 0. The summed E-state index contributed by atoms with van der Waals surface area (Å²) in [7, 11) is 1.52. The number of nitrogens with zero attached hydrogens (tertiary/aromatic N) is 1. The average Bonchev–Trinajstić information content (AvgIpc) is 2.76. The quantitative estimate of drug-likeness (QED) is 0.558. The molecule has 2 saturated heterocycles. The van der Waals surface area contributed by atoms with Crippen molar-refractivity contribution in [3.8, 4) is 6.07 Å². The number of fused-ring (bicyclic) bond motifs is 1. The second-order valence-electron chi connectivity index (χ2n) is 5.24. The minimum Gasteiger partial charge on any atom is -0.472 e. The van der Waals surface area contributed by atoms with E-state index in [9.17, 15) is 5.26 Å². The predicted octanol–water partition coefficient (Wildman–Crippen LogP) is 1.67. The van der Waals surface area contributed by atoms with Crippen molar-refractivity contribution in [1.29, 1.82) is 5.26 Å². The van der Waals surface area contributed by atoms with Crippen LogP contribution in [0.2, 0.25) is 0 Å². The van der Waals surface area contributed by atoms with Crippen molar-refractivity contribution in [3.05, 3.63) is 12.3 Å². The molecule has 0 aromatic rings. The van der Waals surface area contributed by atoms with Crippen molar-refractivity contribution in [3.63, 3.8) is 0 Å². The van der Waals surface area contributed by atoms with Gasteiger partial charge in [-0.3, -0.25) is 0 Å². The molecule has 3 atom stereocenters. The monoisotopic (exact) mass is 269 g/mol. The van der Waals surface area contributed by atoms with Crippen LogP contribution in [-0.2, 0) is 23.7 Å². The highest BCUT2D eigenvalue weighted by Crippen LogP contribution is 2.44. The molecule has 0 unspecified atom stereocenters. The van der Waals surface area contributed by atoms with E-state index in [0.29, 0.717) is 12.2 Å². The minimum atomic E-state index is -1.00. The fourth-order valence-corrected chi connectivity index (χ4v) is 2.37. The largest absolute Gasteiger partial charge is 0.472 e. The highest BCUT2D eigenvalue weighted by Gasteiger charge is 2.55. The zero-order valence-electron chi connectivity index (χ0n) is 11.5. The van der Waals surface area contributed by atoms with E-state index in [-0.39, 0.29) is 19.3 Å². The highest BCUT2D eigenvalue weighted by atomic mass is 16.8. The molecule has 2 aliphatic rings. The number of methoxy groups -OCH3 is 1. The molecule has 2 fully saturated rings. The Morgan fingerprint density at radius 1 is 1.42 bits per heavy atom. The first-order chi connectivity index (χ1) is 8.90. The fourth-order valence-electron chi connectivity index (χ4n) is 2.37. The van der Waals surface area contributed by atoms with Crippen molar-refractivity contribution in [1.82, 2.24) is 0 Å². The first-order valence-corrected chi connectivity index (χ1v) is 6.14. The first-order valence-electron chi connectivity index (χ1n) is 6.14. The Kier molecular flexibility index (Phi) is 3.83.